The molecule has 2 saturated heterocycles. The van der Waals surface area contributed by atoms with E-state index in [4.69, 9.17) is 4.74 Å². The van der Waals surface area contributed by atoms with E-state index < -0.39 is 23.8 Å². The number of carbonyl (C=O) groups is 3. The third kappa shape index (κ3) is 5.49. The van der Waals surface area contributed by atoms with Crippen LogP contribution in [0.15, 0.2) is 42.5 Å². The molecule has 1 N–H and O–H groups in total. The van der Waals surface area contributed by atoms with Gasteiger partial charge in [0.2, 0.25) is 11.8 Å². The van der Waals surface area contributed by atoms with Crippen molar-refractivity contribution in [2.75, 3.05) is 11.9 Å². The summed E-state index contributed by atoms with van der Waals surface area (Å²) in [6, 6.07) is 14.9. The number of nitrogens with one attached hydrogen (secondary N) is 1. The fraction of sp³-hybridized carbons (Fsp3) is 0.484. The van der Waals surface area contributed by atoms with E-state index in [0.717, 1.165) is 53.6 Å². The lowest BCUT2D eigenvalue weighted by Crippen LogP contribution is -2.64. The van der Waals surface area contributed by atoms with Crippen LogP contribution in [0.2, 0.25) is 0 Å². The van der Waals surface area contributed by atoms with Gasteiger partial charge in [0.05, 0.1) is 12.5 Å². The lowest BCUT2D eigenvalue weighted by Gasteiger charge is -2.50. The zero-order chi connectivity index (χ0) is 27.9. The SMILES string of the molecule is CN1C(=O)Cc2cc(-c3ccc(CC(C#N)NC(=O)C4C5CCC(CC5)N4C(=O)OC(C)(C)C)cc3)ccc21. The molecule has 0 spiro atoms. The third-order valence-electron chi connectivity index (χ3n) is 8.11. The van der Waals surface area contributed by atoms with Gasteiger partial charge >= 0.3 is 6.09 Å². The number of hydrogen-bond donors (Lipinski definition) is 1. The first-order chi connectivity index (χ1) is 18.5. The molecule has 3 amide bonds. The van der Waals surface area contributed by atoms with Crippen LogP contribution in [0.25, 0.3) is 11.1 Å². The van der Waals surface area contributed by atoms with Gasteiger partial charge in [-0.3, -0.25) is 14.5 Å². The van der Waals surface area contributed by atoms with Crippen LogP contribution >= 0.6 is 0 Å². The first-order valence-corrected chi connectivity index (χ1v) is 13.7. The Morgan fingerprint density at radius 2 is 1.74 bits per heavy atom. The molecule has 1 aliphatic carbocycles. The van der Waals surface area contributed by atoms with Crippen molar-refractivity contribution in [2.24, 2.45) is 5.92 Å². The van der Waals surface area contributed by atoms with Gasteiger partial charge in [0, 0.05) is 25.2 Å². The smallest absolute Gasteiger partial charge is 0.411 e. The van der Waals surface area contributed by atoms with Gasteiger partial charge in [-0.25, -0.2) is 4.79 Å². The number of carbonyl (C=O) groups excluding carboxylic acids is 3. The topological polar surface area (TPSA) is 103 Å². The van der Waals surface area contributed by atoms with Crippen LogP contribution < -0.4 is 10.2 Å². The molecule has 39 heavy (non-hydrogen) atoms. The Bertz CT molecular complexity index is 1320. The van der Waals surface area contributed by atoms with E-state index in [9.17, 15) is 19.6 Å². The largest absolute Gasteiger partial charge is 0.444 e. The van der Waals surface area contributed by atoms with Crippen molar-refractivity contribution < 1.29 is 19.1 Å². The Labute approximate surface area is 229 Å². The summed E-state index contributed by atoms with van der Waals surface area (Å²) in [5.41, 5.74) is 4.30. The highest BCUT2D eigenvalue weighted by Crippen LogP contribution is 2.40. The molecule has 3 heterocycles. The molecule has 4 aliphatic rings. The highest BCUT2D eigenvalue weighted by molar-refractivity contribution is 6.01. The van der Waals surface area contributed by atoms with Gasteiger partial charge in [-0.15, -0.1) is 0 Å². The maximum Gasteiger partial charge on any atom is 0.411 e. The Balaban J connectivity index is 1.26. The highest BCUT2D eigenvalue weighted by atomic mass is 16.6. The molecule has 2 unspecified atom stereocenters. The van der Waals surface area contributed by atoms with Crippen LogP contribution in [0.3, 0.4) is 0 Å². The van der Waals surface area contributed by atoms with Crippen LogP contribution in [0.5, 0.6) is 0 Å². The summed E-state index contributed by atoms with van der Waals surface area (Å²) < 4.78 is 5.64. The van der Waals surface area contributed by atoms with Gasteiger partial charge < -0.3 is 15.0 Å². The molecule has 3 fully saturated rings. The zero-order valence-electron chi connectivity index (χ0n) is 23.1. The lowest BCUT2D eigenvalue weighted by atomic mass is 9.74. The van der Waals surface area contributed by atoms with Crippen LogP contribution in [-0.2, 0) is 27.2 Å². The first kappa shape index (κ1) is 26.7. The number of piperidine rings is 2. The summed E-state index contributed by atoms with van der Waals surface area (Å²) in [4.78, 5) is 41.8. The van der Waals surface area contributed by atoms with Crippen LogP contribution in [0, 0.1) is 17.2 Å². The average Bonchev–Trinajstić information content (AvgIpc) is 3.20. The summed E-state index contributed by atoms with van der Waals surface area (Å²) in [6.07, 6.45) is 3.86. The Morgan fingerprint density at radius 3 is 2.38 bits per heavy atom. The Morgan fingerprint density at radius 1 is 1.08 bits per heavy atom. The number of hydrogen-bond acceptors (Lipinski definition) is 5. The third-order valence-corrected chi connectivity index (χ3v) is 8.11. The summed E-state index contributed by atoms with van der Waals surface area (Å²) in [7, 11) is 1.79. The van der Waals surface area contributed by atoms with Crippen molar-refractivity contribution in [1.82, 2.24) is 10.2 Å². The number of ether oxygens (including phenoxy) is 1. The molecular weight excluding hydrogens is 492 g/mol. The molecule has 3 aliphatic heterocycles. The minimum Gasteiger partial charge on any atom is -0.444 e. The van der Waals surface area contributed by atoms with Crippen LogP contribution in [0.1, 0.15) is 57.6 Å². The van der Waals surface area contributed by atoms with E-state index in [2.05, 4.69) is 17.5 Å². The van der Waals surface area contributed by atoms with Crippen LogP contribution in [0.4, 0.5) is 10.5 Å². The molecule has 2 atom stereocenters. The normalized spacial score (nSPS) is 22.7. The number of anilines is 1. The second-order valence-corrected chi connectivity index (χ2v) is 12.0. The van der Waals surface area contributed by atoms with E-state index in [1.54, 1.807) is 16.8 Å². The monoisotopic (exact) mass is 528 g/mol. The summed E-state index contributed by atoms with van der Waals surface area (Å²) in [5, 5.41) is 12.8. The summed E-state index contributed by atoms with van der Waals surface area (Å²) in [6.45, 7) is 5.47. The van der Waals surface area contributed by atoms with Crippen molar-refractivity contribution in [3.8, 4) is 17.2 Å². The van der Waals surface area contributed by atoms with Gasteiger partial charge in [0.25, 0.3) is 0 Å². The molecule has 8 nitrogen and oxygen atoms in total. The number of fused-ring (bicyclic) bond motifs is 4. The van der Waals surface area contributed by atoms with Crippen molar-refractivity contribution >= 4 is 23.6 Å². The standard InChI is InChI=1S/C31H36N4O4/c1-31(2,3)39-30(38)35-25-12-9-21(10-13-25)28(35)29(37)33-24(18-32)15-19-5-7-20(8-6-19)22-11-14-26-23(16-22)17-27(36)34(26)4/h5-8,11,14,16,21,24-25,28H,9-10,12-13,15,17H2,1-4H3,(H,33,37). The number of rotatable bonds is 5. The predicted molar refractivity (Wildman–Crippen MR) is 148 cm³/mol. The van der Waals surface area contributed by atoms with Crippen molar-refractivity contribution in [3.63, 3.8) is 0 Å². The van der Waals surface area contributed by atoms with Gasteiger partial charge in [-0.2, -0.15) is 5.26 Å². The van der Waals surface area contributed by atoms with Crippen molar-refractivity contribution in [2.45, 2.75) is 83.0 Å². The predicted octanol–water partition coefficient (Wildman–Crippen LogP) is 4.60. The number of likely N-dealkylation sites (N-methyl/N-ethyl adjacent to an activating group) is 1. The number of amides is 3. The quantitative estimate of drug-likeness (QED) is 0.611. The second kappa shape index (κ2) is 10.4. The average molecular weight is 529 g/mol. The zero-order valence-corrected chi connectivity index (χ0v) is 23.1. The number of nitrogens with zero attached hydrogens (tertiary/aromatic N) is 3. The maximum absolute atomic E-state index is 13.5. The van der Waals surface area contributed by atoms with Gasteiger partial charge in [-0.05, 0) is 86.8 Å². The van der Waals surface area contributed by atoms with Crippen molar-refractivity contribution in [1.29, 1.82) is 5.26 Å². The molecule has 2 aromatic carbocycles. The van der Waals surface area contributed by atoms with Crippen molar-refractivity contribution in [3.05, 3.63) is 53.6 Å². The molecule has 0 radical (unpaired) electrons. The highest BCUT2D eigenvalue weighted by Gasteiger charge is 2.49. The fourth-order valence-corrected chi connectivity index (χ4v) is 6.17. The van der Waals surface area contributed by atoms with Gasteiger partial charge in [-0.1, -0.05) is 30.3 Å². The fourth-order valence-electron chi connectivity index (χ4n) is 6.17. The Kier molecular flexibility index (Phi) is 7.11. The molecule has 204 valence electrons. The molecule has 0 aromatic heterocycles. The summed E-state index contributed by atoms with van der Waals surface area (Å²) >= 11 is 0. The molecule has 6 rings (SSSR count). The number of nitriles is 1. The second-order valence-electron chi connectivity index (χ2n) is 12.0. The van der Waals surface area contributed by atoms with E-state index in [1.165, 1.54) is 0 Å². The molecule has 8 heteroatoms. The molecule has 2 bridgehead atoms. The maximum atomic E-state index is 13.5. The van der Waals surface area contributed by atoms with Gasteiger partial charge in [0.1, 0.15) is 17.7 Å². The Hall–Kier alpha value is -3.86. The summed E-state index contributed by atoms with van der Waals surface area (Å²) in [5.74, 6) is -0.114. The minimum absolute atomic E-state index is 0.00795. The number of benzene rings is 2. The van der Waals surface area contributed by atoms with E-state index in [1.807, 2.05) is 57.2 Å². The van der Waals surface area contributed by atoms with Gasteiger partial charge in [0.15, 0.2) is 0 Å². The molecule has 2 aromatic rings. The first-order valence-electron chi connectivity index (χ1n) is 13.7. The van der Waals surface area contributed by atoms with E-state index in [0.29, 0.717) is 12.8 Å². The lowest BCUT2D eigenvalue weighted by molar-refractivity contribution is -0.135. The molecule has 1 saturated carbocycles. The van der Waals surface area contributed by atoms with E-state index >= 15 is 0 Å². The minimum atomic E-state index is -0.717. The van der Waals surface area contributed by atoms with E-state index in [-0.39, 0.29) is 23.8 Å². The van der Waals surface area contributed by atoms with Crippen LogP contribution in [-0.4, -0.2) is 53.6 Å². The molecular formula is C31H36N4O4.